The molecular weight excluding hydrogens is 318 g/mol. The molecule has 0 aliphatic rings. The van der Waals surface area contributed by atoms with Crippen LogP contribution in [0.25, 0.3) is 0 Å². The zero-order valence-electron chi connectivity index (χ0n) is 15.1. The molecule has 6 nitrogen and oxygen atoms in total. The summed E-state index contributed by atoms with van der Waals surface area (Å²) in [5.74, 6) is 0.263. The van der Waals surface area contributed by atoms with E-state index in [-0.39, 0.29) is 24.4 Å². The third-order valence-electron chi connectivity index (χ3n) is 4.03. The van der Waals surface area contributed by atoms with Gasteiger partial charge in [-0.2, -0.15) is 0 Å². The van der Waals surface area contributed by atoms with Gasteiger partial charge in [-0.15, -0.1) is 0 Å². The predicted octanol–water partition coefficient (Wildman–Crippen LogP) is 2.69. The van der Waals surface area contributed by atoms with Crippen LogP contribution in [-0.4, -0.2) is 24.4 Å². The molecule has 0 saturated heterocycles. The number of carbonyl (C=O) groups excluding carboxylic acids is 2. The molecule has 2 atom stereocenters. The molecule has 0 aliphatic carbocycles. The SMILES string of the molecule is Cc1cccc(C)c1NC(=O)CNC(=O)[C@@H](C)N[C@@H](C)c1ccco1. The molecule has 134 valence electrons. The van der Waals surface area contributed by atoms with E-state index in [0.29, 0.717) is 0 Å². The lowest BCUT2D eigenvalue weighted by molar-refractivity contribution is -0.125. The molecule has 2 rings (SSSR count). The van der Waals surface area contributed by atoms with Gasteiger partial charge in [0.2, 0.25) is 11.8 Å². The first-order valence-corrected chi connectivity index (χ1v) is 8.31. The minimum absolute atomic E-state index is 0.0756. The van der Waals surface area contributed by atoms with Crippen LogP contribution in [0, 0.1) is 13.8 Å². The second-order valence-corrected chi connectivity index (χ2v) is 6.16. The van der Waals surface area contributed by atoms with Crippen molar-refractivity contribution in [1.82, 2.24) is 10.6 Å². The highest BCUT2D eigenvalue weighted by Gasteiger charge is 2.18. The number of nitrogens with one attached hydrogen (secondary N) is 3. The fourth-order valence-corrected chi connectivity index (χ4v) is 2.59. The maximum absolute atomic E-state index is 12.2. The van der Waals surface area contributed by atoms with Gasteiger partial charge in [0.1, 0.15) is 5.76 Å². The van der Waals surface area contributed by atoms with Gasteiger partial charge in [-0.25, -0.2) is 0 Å². The molecule has 0 radical (unpaired) electrons. The molecule has 6 heteroatoms. The number of aryl methyl sites for hydroxylation is 2. The molecule has 0 unspecified atom stereocenters. The molecule has 0 spiro atoms. The van der Waals surface area contributed by atoms with Gasteiger partial charge >= 0.3 is 0 Å². The number of para-hydroxylation sites is 1. The Bertz CT molecular complexity index is 705. The van der Waals surface area contributed by atoms with E-state index in [1.54, 1.807) is 19.3 Å². The second-order valence-electron chi connectivity index (χ2n) is 6.16. The van der Waals surface area contributed by atoms with Crippen molar-refractivity contribution in [2.45, 2.75) is 39.8 Å². The topological polar surface area (TPSA) is 83.4 Å². The second kappa shape index (κ2) is 8.48. The van der Waals surface area contributed by atoms with Gasteiger partial charge in [0.05, 0.1) is 24.9 Å². The van der Waals surface area contributed by atoms with Gasteiger partial charge < -0.3 is 15.1 Å². The number of furan rings is 1. The van der Waals surface area contributed by atoms with E-state index < -0.39 is 6.04 Å². The molecule has 1 heterocycles. The van der Waals surface area contributed by atoms with E-state index >= 15 is 0 Å². The van der Waals surface area contributed by atoms with Crippen molar-refractivity contribution in [2.75, 3.05) is 11.9 Å². The van der Waals surface area contributed by atoms with Crippen LogP contribution in [0.2, 0.25) is 0 Å². The average molecular weight is 343 g/mol. The molecule has 2 amide bonds. The van der Waals surface area contributed by atoms with E-state index in [2.05, 4.69) is 16.0 Å². The number of hydrogen-bond donors (Lipinski definition) is 3. The maximum atomic E-state index is 12.2. The lowest BCUT2D eigenvalue weighted by Crippen LogP contribution is -2.45. The molecule has 0 fully saturated rings. The minimum Gasteiger partial charge on any atom is -0.468 e. The lowest BCUT2D eigenvalue weighted by Gasteiger charge is -2.18. The summed E-state index contributed by atoms with van der Waals surface area (Å²) in [7, 11) is 0. The first-order valence-electron chi connectivity index (χ1n) is 8.31. The Morgan fingerprint density at radius 2 is 1.76 bits per heavy atom. The summed E-state index contributed by atoms with van der Waals surface area (Å²) in [6.45, 7) is 7.45. The molecule has 0 bridgehead atoms. The summed E-state index contributed by atoms with van der Waals surface area (Å²) in [5.41, 5.74) is 2.77. The largest absolute Gasteiger partial charge is 0.468 e. The number of benzene rings is 1. The van der Waals surface area contributed by atoms with Crippen molar-refractivity contribution in [2.24, 2.45) is 0 Å². The molecule has 1 aromatic carbocycles. The van der Waals surface area contributed by atoms with Crippen LogP contribution in [0.3, 0.4) is 0 Å². The van der Waals surface area contributed by atoms with E-state index in [0.717, 1.165) is 22.6 Å². The van der Waals surface area contributed by atoms with Gasteiger partial charge in [-0.3, -0.25) is 14.9 Å². The number of rotatable bonds is 7. The number of carbonyl (C=O) groups is 2. The Hall–Kier alpha value is -2.60. The summed E-state index contributed by atoms with van der Waals surface area (Å²) >= 11 is 0. The molecule has 25 heavy (non-hydrogen) atoms. The van der Waals surface area contributed by atoms with Crippen molar-refractivity contribution < 1.29 is 14.0 Å². The summed E-state index contributed by atoms with van der Waals surface area (Å²) in [6, 6.07) is 8.91. The van der Waals surface area contributed by atoms with Crippen molar-refractivity contribution in [1.29, 1.82) is 0 Å². The van der Waals surface area contributed by atoms with Crippen LogP contribution < -0.4 is 16.0 Å². The van der Waals surface area contributed by atoms with Crippen molar-refractivity contribution in [3.63, 3.8) is 0 Å². The van der Waals surface area contributed by atoms with Crippen molar-refractivity contribution >= 4 is 17.5 Å². The molecule has 0 saturated carbocycles. The molecule has 1 aromatic heterocycles. The van der Waals surface area contributed by atoms with Crippen LogP contribution >= 0.6 is 0 Å². The predicted molar refractivity (Wildman–Crippen MR) is 97.3 cm³/mol. The zero-order chi connectivity index (χ0) is 18.4. The number of anilines is 1. The summed E-state index contributed by atoms with van der Waals surface area (Å²) in [6.07, 6.45) is 1.59. The Morgan fingerprint density at radius 3 is 2.36 bits per heavy atom. The molecular formula is C19H25N3O3. The van der Waals surface area contributed by atoms with E-state index in [1.807, 2.05) is 45.0 Å². The Labute approximate surface area is 148 Å². The van der Waals surface area contributed by atoms with Gasteiger partial charge in [0, 0.05) is 5.69 Å². The Kier molecular flexibility index (Phi) is 6.36. The van der Waals surface area contributed by atoms with Crippen molar-refractivity contribution in [3.8, 4) is 0 Å². The standard InChI is InChI=1S/C19H25N3O3/c1-12-7-5-8-13(2)18(12)22-17(23)11-20-19(24)15(4)21-14(3)16-9-6-10-25-16/h5-10,14-15,21H,11H2,1-4H3,(H,20,24)(H,22,23)/t14-,15+/m0/s1. The quantitative estimate of drug-likeness (QED) is 0.722. The Morgan fingerprint density at radius 1 is 1.08 bits per heavy atom. The van der Waals surface area contributed by atoms with Gasteiger partial charge in [0.25, 0.3) is 0 Å². The number of amides is 2. The van der Waals surface area contributed by atoms with Crippen LogP contribution in [-0.2, 0) is 9.59 Å². The normalized spacial score (nSPS) is 13.1. The van der Waals surface area contributed by atoms with Crippen molar-refractivity contribution in [3.05, 3.63) is 53.5 Å². The fourth-order valence-electron chi connectivity index (χ4n) is 2.59. The highest BCUT2D eigenvalue weighted by Crippen LogP contribution is 2.19. The summed E-state index contributed by atoms with van der Waals surface area (Å²) in [5, 5.41) is 8.63. The zero-order valence-corrected chi connectivity index (χ0v) is 15.1. The first-order chi connectivity index (χ1) is 11.9. The smallest absolute Gasteiger partial charge is 0.243 e. The van der Waals surface area contributed by atoms with Crippen LogP contribution in [0.1, 0.15) is 36.8 Å². The molecule has 0 aliphatic heterocycles. The monoisotopic (exact) mass is 343 g/mol. The van der Waals surface area contributed by atoms with Gasteiger partial charge in [-0.1, -0.05) is 18.2 Å². The first kappa shape index (κ1) is 18.7. The molecule has 3 N–H and O–H groups in total. The lowest BCUT2D eigenvalue weighted by atomic mass is 10.1. The highest BCUT2D eigenvalue weighted by molar-refractivity contribution is 5.96. The van der Waals surface area contributed by atoms with Gasteiger partial charge in [-0.05, 0) is 51.0 Å². The number of hydrogen-bond acceptors (Lipinski definition) is 4. The summed E-state index contributed by atoms with van der Waals surface area (Å²) < 4.78 is 5.30. The van der Waals surface area contributed by atoms with E-state index in [1.165, 1.54) is 0 Å². The average Bonchev–Trinajstić information content (AvgIpc) is 3.10. The minimum atomic E-state index is -0.451. The third-order valence-corrected chi connectivity index (χ3v) is 4.03. The Balaban J connectivity index is 1.81. The van der Waals surface area contributed by atoms with E-state index in [9.17, 15) is 9.59 Å². The van der Waals surface area contributed by atoms with E-state index in [4.69, 9.17) is 4.42 Å². The van der Waals surface area contributed by atoms with Crippen LogP contribution in [0.4, 0.5) is 5.69 Å². The van der Waals surface area contributed by atoms with Gasteiger partial charge in [0.15, 0.2) is 0 Å². The van der Waals surface area contributed by atoms with Crippen LogP contribution in [0.5, 0.6) is 0 Å². The molecule has 2 aromatic rings. The third kappa shape index (κ3) is 5.19. The summed E-state index contributed by atoms with van der Waals surface area (Å²) in [4.78, 5) is 24.2. The van der Waals surface area contributed by atoms with Crippen LogP contribution in [0.15, 0.2) is 41.0 Å². The maximum Gasteiger partial charge on any atom is 0.243 e. The fraction of sp³-hybridized carbons (Fsp3) is 0.368. The highest BCUT2D eigenvalue weighted by atomic mass is 16.3.